The van der Waals surface area contributed by atoms with Crippen molar-refractivity contribution >= 4 is 17.4 Å². The van der Waals surface area contributed by atoms with Crippen molar-refractivity contribution in [3.8, 4) is 0 Å². The van der Waals surface area contributed by atoms with E-state index in [0.29, 0.717) is 12.1 Å². The molecular weight excluding hydrogens is 228 g/mol. The fourth-order valence-electron chi connectivity index (χ4n) is 2.41. The predicted molar refractivity (Wildman–Crippen MR) is 71.1 cm³/mol. The van der Waals surface area contributed by atoms with E-state index in [4.69, 9.17) is 0 Å². The first-order valence-electron chi connectivity index (χ1n) is 6.00. The number of nitrogens with zero attached hydrogens (tertiary/aromatic N) is 1. The maximum absolute atomic E-state index is 12.1. The largest absolute Gasteiger partial charge is 0.314 e. The molecule has 0 aliphatic carbocycles. The summed E-state index contributed by atoms with van der Waals surface area (Å²) in [6, 6.07) is 5.48. The number of nitrogens with one attached hydrogen (secondary N) is 1. The number of likely N-dealkylation sites (N-methyl/N-ethyl adjacent to an activating group) is 2. The highest BCUT2D eigenvalue weighted by Gasteiger charge is 2.42. The van der Waals surface area contributed by atoms with Crippen LogP contribution in [0, 0.1) is 0 Å². The van der Waals surface area contributed by atoms with E-state index in [1.165, 1.54) is 0 Å². The molecule has 0 radical (unpaired) electrons. The predicted octanol–water partition coefficient (Wildman–Crippen LogP) is 1.34. The van der Waals surface area contributed by atoms with Crippen molar-refractivity contribution in [2.75, 3.05) is 25.5 Å². The summed E-state index contributed by atoms with van der Waals surface area (Å²) in [6.07, 6.45) is 0. The van der Waals surface area contributed by atoms with Gasteiger partial charge in [0, 0.05) is 18.3 Å². The van der Waals surface area contributed by atoms with Crippen LogP contribution in [-0.4, -0.2) is 32.3 Å². The number of benzene rings is 1. The van der Waals surface area contributed by atoms with Crippen LogP contribution in [0.25, 0.3) is 0 Å². The van der Waals surface area contributed by atoms with E-state index in [2.05, 4.69) is 5.32 Å². The van der Waals surface area contributed by atoms with Crippen molar-refractivity contribution in [3.05, 3.63) is 29.3 Å². The van der Waals surface area contributed by atoms with Crippen molar-refractivity contribution in [2.24, 2.45) is 0 Å². The van der Waals surface area contributed by atoms with Crippen LogP contribution in [0.15, 0.2) is 18.2 Å². The monoisotopic (exact) mass is 246 g/mol. The van der Waals surface area contributed by atoms with Gasteiger partial charge in [-0.3, -0.25) is 9.59 Å². The minimum atomic E-state index is -0.556. The highest BCUT2D eigenvalue weighted by atomic mass is 16.2. The maximum Gasteiger partial charge on any atom is 0.236 e. The summed E-state index contributed by atoms with van der Waals surface area (Å²) in [5.41, 5.74) is 1.92. The van der Waals surface area contributed by atoms with Crippen molar-refractivity contribution in [3.63, 3.8) is 0 Å². The average Bonchev–Trinajstić information content (AvgIpc) is 2.51. The number of hydrogen-bond donors (Lipinski definition) is 1. The van der Waals surface area contributed by atoms with Gasteiger partial charge in [0.25, 0.3) is 0 Å². The zero-order chi connectivity index (χ0) is 13.5. The normalized spacial score (nSPS) is 16.9. The molecule has 1 aliphatic heterocycles. The second-order valence-corrected chi connectivity index (χ2v) is 5.17. The third-order valence-corrected chi connectivity index (χ3v) is 3.53. The second kappa shape index (κ2) is 4.21. The molecular formula is C14H18N2O2. The lowest BCUT2D eigenvalue weighted by Gasteiger charge is -2.16. The van der Waals surface area contributed by atoms with Crippen LogP contribution >= 0.6 is 0 Å². The highest BCUT2D eigenvalue weighted by Crippen LogP contribution is 2.40. The molecule has 4 heteroatoms. The number of Topliss-reactive ketones (excluding diaryl/α,β-unsaturated/α-hetero) is 1. The van der Waals surface area contributed by atoms with Crippen molar-refractivity contribution < 1.29 is 9.59 Å². The first-order valence-corrected chi connectivity index (χ1v) is 6.00. The molecule has 0 aromatic heterocycles. The van der Waals surface area contributed by atoms with Crippen LogP contribution in [0.2, 0.25) is 0 Å². The topological polar surface area (TPSA) is 49.4 Å². The van der Waals surface area contributed by atoms with Crippen LogP contribution < -0.4 is 10.2 Å². The number of fused-ring (bicyclic) bond motifs is 1. The zero-order valence-electron chi connectivity index (χ0n) is 11.2. The number of anilines is 1. The molecule has 2 rings (SSSR count). The number of ketones is 1. The van der Waals surface area contributed by atoms with Gasteiger partial charge < -0.3 is 10.2 Å². The Morgan fingerprint density at radius 2 is 2.06 bits per heavy atom. The summed E-state index contributed by atoms with van der Waals surface area (Å²) in [7, 11) is 3.51. The molecule has 1 aromatic rings. The van der Waals surface area contributed by atoms with Gasteiger partial charge >= 0.3 is 0 Å². The first kappa shape index (κ1) is 12.8. The Kier molecular flexibility index (Phi) is 2.99. The fourth-order valence-corrected chi connectivity index (χ4v) is 2.41. The number of amides is 1. The van der Waals surface area contributed by atoms with Gasteiger partial charge in [0.05, 0.1) is 12.0 Å². The Hall–Kier alpha value is -1.68. The molecule has 1 amide bonds. The number of carbonyl (C=O) groups is 2. The minimum Gasteiger partial charge on any atom is -0.314 e. The summed E-state index contributed by atoms with van der Waals surface area (Å²) >= 11 is 0. The van der Waals surface area contributed by atoms with E-state index in [-0.39, 0.29) is 11.7 Å². The molecule has 1 N–H and O–H groups in total. The maximum atomic E-state index is 12.1. The molecule has 0 fully saturated rings. The van der Waals surface area contributed by atoms with Gasteiger partial charge in [-0.25, -0.2) is 0 Å². The SMILES string of the molecule is CNCC(=O)c1ccc2c(c1)C(C)(C)C(=O)N2C. The van der Waals surface area contributed by atoms with Crippen LogP contribution in [0.4, 0.5) is 5.69 Å². The summed E-state index contributed by atoms with van der Waals surface area (Å²) in [5.74, 6) is 0.105. The van der Waals surface area contributed by atoms with E-state index in [1.807, 2.05) is 26.0 Å². The van der Waals surface area contributed by atoms with Crippen LogP contribution in [0.1, 0.15) is 29.8 Å². The van der Waals surface area contributed by atoms with Gasteiger partial charge in [0.1, 0.15) is 0 Å². The number of carbonyl (C=O) groups excluding carboxylic acids is 2. The van der Waals surface area contributed by atoms with Gasteiger partial charge in [0.2, 0.25) is 5.91 Å². The Labute approximate surface area is 107 Å². The molecule has 0 saturated carbocycles. The third kappa shape index (κ3) is 1.73. The van der Waals surface area contributed by atoms with Crippen molar-refractivity contribution in [1.82, 2.24) is 5.32 Å². The molecule has 18 heavy (non-hydrogen) atoms. The lowest BCUT2D eigenvalue weighted by atomic mass is 9.85. The molecule has 0 unspecified atom stereocenters. The summed E-state index contributed by atoms with van der Waals surface area (Å²) in [4.78, 5) is 25.6. The Bertz CT molecular complexity index is 521. The number of hydrogen-bond acceptors (Lipinski definition) is 3. The van der Waals surface area contributed by atoms with Crippen LogP contribution in [0.3, 0.4) is 0 Å². The molecule has 4 nitrogen and oxygen atoms in total. The van der Waals surface area contributed by atoms with Gasteiger partial charge in [0.15, 0.2) is 5.78 Å². The molecule has 1 aliphatic rings. The van der Waals surface area contributed by atoms with Crippen LogP contribution in [-0.2, 0) is 10.2 Å². The fraction of sp³-hybridized carbons (Fsp3) is 0.429. The summed E-state index contributed by atoms with van der Waals surface area (Å²) in [5, 5.41) is 2.85. The second-order valence-electron chi connectivity index (χ2n) is 5.17. The Morgan fingerprint density at radius 1 is 1.39 bits per heavy atom. The minimum absolute atomic E-state index is 0.0399. The molecule has 0 spiro atoms. The van der Waals surface area contributed by atoms with Crippen molar-refractivity contribution in [1.29, 1.82) is 0 Å². The van der Waals surface area contributed by atoms with Gasteiger partial charge in [-0.15, -0.1) is 0 Å². The van der Waals surface area contributed by atoms with E-state index in [0.717, 1.165) is 11.3 Å². The standard InChI is InChI=1S/C14H18N2O2/c1-14(2)10-7-9(12(17)8-15-3)5-6-11(10)16(4)13(14)18/h5-7,15H,8H2,1-4H3. The molecule has 0 bridgehead atoms. The number of rotatable bonds is 3. The van der Waals surface area contributed by atoms with Gasteiger partial charge in [-0.2, -0.15) is 0 Å². The van der Waals surface area contributed by atoms with Crippen LogP contribution in [0.5, 0.6) is 0 Å². The van der Waals surface area contributed by atoms with E-state index in [9.17, 15) is 9.59 Å². The average molecular weight is 246 g/mol. The Balaban J connectivity index is 2.48. The molecule has 96 valence electrons. The smallest absolute Gasteiger partial charge is 0.236 e. The van der Waals surface area contributed by atoms with E-state index in [1.54, 1.807) is 25.1 Å². The molecule has 1 heterocycles. The quantitative estimate of drug-likeness (QED) is 0.819. The Morgan fingerprint density at radius 3 is 2.67 bits per heavy atom. The summed E-state index contributed by atoms with van der Waals surface area (Å²) in [6.45, 7) is 4.09. The zero-order valence-corrected chi connectivity index (χ0v) is 11.2. The molecule has 1 aromatic carbocycles. The van der Waals surface area contributed by atoms with E-state index >= 15 is 0 Å². The van der Waals surface area contributed by atoms with Gasteiger partial charge in [-0.1, -0.05) is 0 Å². The van der Waals surface area contributed by atoms with Crippen molar-refractivity contribution in [2.45, 2.75) is 19.3 Å². The molecule has 0 saturated heterocycles. The molecule has 0 atom stereocenters. The van der Waals surface area contributed by atoms with E-state index < -0.39 is 5.41 Å². The van der Waals surface area contributed by atoms with Gasteiger partial charge in [-0.05, 0) is 44.7 Å². The summed E-state index contributed by atoms with van der Waals surface area (Å²) < 4.78 is 0. The third-order valence-electron chi connectivity index (χ3n) is 3.53. The lowest BCUT2D eigenvalue weighted by Crippen LogP contribution is -2.33. The lowest BCUT2D eigenvalue weighted by molar-refractivity contribution is -0.121. The first-order chi connectivity index (χ1) is 8.39. The highest BCUT2D eigenvalue weighted by molar-refractivity contribution is 6.08.